The fraction of sp³-hybridized carbons (Fsp3) is 0.667. The van der Waals surface area contributed by atoms with Crippen molar-refractivity contribution in [2.24, 2.45) is 5.92 Å². The van der Waals surface area contributed by atoms with Gasteiger partial charge < -0.3 is 10.1 Å². The van der Waals surface area contributed by atoms with Crippen LogP contribution in [0, 0.1) is 5.92 Å². The molecular weight excluding hydrogens is 246 g/mol. The predicted molar refractivity (Wildman–Crippen MR) is 82.5 cm³/mol. The van der Waals surface area contributed by atoms with Crippen LogP contribution < -0.4 is 5.32 Å². The van der Waals surface area contributed by atoms with Gasteiger partial charge >= 0.3 is 0 Å². The molecule has 110 valence electrons. The molecule has 2 fully saturated rings. The van der Waals surface area contributed by atoms with E-state index in [1.165, 1.54) is 49.7 Å². The van der Waals surface area contributed by atoms with E-state index < -0.39 is 0 Å². The van der Waals surface area contributed by atoms with E-state index in [1.54, 1.807) is 0 Å². The molecule has 2 aliphatic rings. The third-order valence-corrected chi connectivity index (χ3v) is 4.54. The Bertz CT molecular complexity index is 427. The number of benzene rings is 1. The molecule has 2 unspecified atom stereocenters. The highest BCUT2D eigenvalue weighted by Gasteiger charge is 2.20. The van der Waals surface area contributed by atoms with Gasteiger partial charge in [-0.3, -0.25) is 0 Å². The van der Waals surface area contributed by atoms with Crippen LogP contribution in [0.15, 0.2) is 24.3 Å². The maximum atomic E-state index is 6.11. The molecule has 1 aromatic rings. The van der Waals surface area contributed by atoms with Crippen molar-refractivity contribution in [3.8, 4) is 0 Å². The van der Waals surface area contributed by atoms with Gasteiger partial charge in [-0.1, -0.05) is 44.0 Å². The lowest BCUT2D eigenvalue weighted by Crippen LogP contribution is -2.21. The van der Waals surface area contributed by atoms with E-state index >= 15 is 0 Å². The third kappa shape index (κ3) is 4.32. The molecular formula is C18H27NO. The van der Waals surface area contributed by atoms with Crippen LogP contribution in [0.4, 0.5) is 0 Å². The lowest BCUT2D eigenvalue weighted by atomic mass is 9.89. The molecule has 0 heterocycles. The summed E-state index contributed by atoms with van der Waals surface area (Å²) in [5.74, 6) is 0.836. The zero-order valence-corrected chi connectivity index (χ0v) is 12.6. The van der Waals surface area contributed by atoms with Crippen LogP contribution >= 0.6 is 0 Å². The second kappa shape index (κ2) is 6.73. The Morgan fingerprint density at radius 2 is 2.00 bits per heavy atom. The number of rotatable bonds is 6. The summed E-state index contributed by atoms with van der Waals surface area (Å²) in [6.45, 7) is 4.12. The van der Waals surface area contributed by atoms with Gasteiger partial charge in [-0.2, -0.15) is 0 Å². The zero-order valence-electron chi connectivity index (χ0n) is 12.6. The van der Waals surface area contributed by atoms with Crippen molar-refractivity contribution < 1.29 is 4.74 Å². The van der Waals surface area contributed by atoms with Gasteiger partial charge in [0.2, 0.25) is 0 Å². The minimum atomic E-state index is 0.479. The number of hydrogen-bond acceptors (Lipinski definition) is 2. The molecule has 0 spiro atoms. The molecule has 0 saturated heterocycles. The zero-order chi connectivity index (χ0) is 13.8. The summed E-state index contributed by atoms with van der Waals surface area (Å²) in [5.41, 5.74) is 2.70. The van der Waals surface area contributed by atoms with E-state index in [4.69, 9.17) is 4.74 Å². The molecule has 0 aromatic heterocycles. The van der Waals surface area contributed by atoms with Crippen LogP contribution in [0.25, 0.3) is 0 Å². The molecule has 0 amide bonds. The van der Waals surface area contributed by atoms with E-state index in [1.807, 2.05) is 0 Å². The second-order valence-corrected chi connectivity index (χ2v) is 6.68. The van der Waals surface area contributed by atoms with Gasteiger partial charge in [-0.25, -0.2) is 0 Å². The van der Waals surface area contributed by atoms with Crippen molar-refractivity contribution >= 4 is 0 Å². The average Bonchev–Trinajstić information content (AvgIpc) is 3.28. The largest absolute Gasteiger partial charge is 0.374 e. The van der Waals surface area contributed by atoms with Crippen LogP contribution in [0.1, 0.15) is 56.6 Å². The molecule has 0 aliphatic heterocycles. The van der Waals surface area contributed by atoms with Gasteiger partial charge in [-0.05, 0) is 42.7 Å². The van der Waals surface area contributed by atoms with Gasteiger partial charge in [0.15, 0.2) is 0 Å². The third-order valence-electron chi connectivity index (χ3n) is 4.54. The molecule has 1 N–H and O–H groups in total. The standard InChI is InChI=1S/C18H27NO/c1-14-4-2-7-18(10-14)20-13-16-6-3-5-15(11-16)12-19-17-8-9-17/h3,5-6,11,14,17-19H,2,4,7-10,12-13H2,1H3. The number of nitrogens with one attached hydrogen (secondary N) is 1. The predicted octanol–water partition coefficient (Wildman–Crippen LogP) is 4.03. The summed E-state index contributed by atoms with van der Waals surface area (Å²) in [5, 5.41) is 3.57. The summed E-state index contributed by atoms with van der Waals surface area (Å²) in [6.07, 6.45) is 8.37. The summed E-state index contributed by atoms with van der Waals surface area (Å²) in [6, 6.07) is 9.63. The maximum Gasteiger partial charge on any atom is 0.0720 e. The Hall–Kier alpha value is -0.860. The summed E-state index contributed by atoms with van der Waals surface area (Å²) >= 11 is 0. The van der Waals surface area contributed by atoms with E-state index in [0.717, 1.165) is 25.1 Å². The number of hydrogen-bond donors (Lipinski definition) is 1. The molecule has 2 heteroatoms. The van der Waals surface area contributed by atoms with Crippen molar-refractivity contribution in [3.63, 3.8) is 0 Å². The Kier molecular flexibility index (Phi) is 4.74. The van der Waals surface area contributed by atoms with Crippen molar-refractivity contribution in [2.75, 3.05) is 0 Å². The average molecular weight is 273 g/mol. The highest BCUT2D eigenvalue weighted by molar-refractivity contribution is 5.23. The molecule has 1 aromatic carbocycles. The van der Waals surface area contributed by atoms with Gasteiger partial charge in [-0.15, -0.1) is 0 Å². The highest BCUT2D eigenvalue weighted by atomic mass is 16.5. The minimum Gasteiger partial charge on any atom is -0.374 e. The molecule has 2 aliphatic carbocycles. The summed E-state index contributed by atoms with van der Waals surface area (Å²) < 4.78 is 6.11. The van der Waals surface area contributed by atoms with Gasteiger partial charge in [0.25, 0.3) is 0 Å². The van der Waals surface area contributed by atoms with Crippen molar-refractivity contribution in [1.82, 2.24) is 5.32 Å². The first-order chi connectivity index (χ1) is 9.79. The Morgan fingerprint density at radius 1 is 1.15 bits per heavy atom. The molecule has 3 rings (SSSR count). The van der Waals surface area contributed by atoms with E-state index in [-0.39, 0.29) is 0 Å². The Balaban J connectivity index is 1.47. The monoisotopic (exact) mass is 273 g/mol. The van der Waals surface area contributed by atoms with Crippen LogP contribution in [0.2, 0.25) is 0 Å². The molecule has 2 nitrogen and oxygen atoms in total. The second-order valence-electron chi connectivity index (χ2n) is 6.68. The number of ether oxygens (including phenoxy) is 1. The van der Waals surface area contributed by atoms with E-state index in [0.29, 0.717) is 6.10 Å². The SMILES string of the molecule is CC1CCCC(OCc2cccc(CNC3CC3)c2)C1. The first kappa shape index (κ1) is 14.1. The first-order valence-corrected chi connectivity index (χ1v) is 8.22. The fourth-order valence-electron chi connectivity index (χ4n) is 3.12. The smallest absolute Gasteiger partial charge is 0.0720 e. The van der Waals surface area contributed by atoms with Crippen LogP contribution in [0.5, 0.6) is 0 Å². The van der Waals surface area contributed by atoms with Crippen molar-refractivity contribution in [3.05, 3.63) is 35.4 Å². The summed E-state index contributed by atoms with van der Waals surface area (Å²) in [7, 11) is 0. The first-order valence-electron chi connectivity index (χ1n) is 8.22. The molecule has 0 radical (unpaired) electrons. The van der Waals surface area contributed by atoms with Crippen molar-refractivity contribution in [1.29, 1.82) is 0 Å². The molecule has 0 bridgehead atoms. The maximum absolute atomic E-state index is 6.11. The summed E-state index contributed by atoms with van der Waals surface area (Å²) in [4.78, 5) is 0. The topological polar surface area (TPSA) is 21.3 Å². The van der Waals surface area contributed by atoms with Crippen LogP contribution in [0.3, 0.4) is 0 Å². The van der Waals surface area contributed by atoms with E-state index in [9.17, 15) is 0 Å². The highest BCUT2D eigenvalue weighted by Crippen LogP contribution is 2.26. The Morgan fingerprint density at radius 3 is 2.80 bits per heavy atom. The lowest BCUT2D eigenvalue weighted by Gasteiger charge is -2.26. The van der Waals surface area contributed by atoms with Crippen LogP contribution in [-0.2, 0) is 17.9 Å². The van der Waals surface area contributed by atoms with Gasteiger partial charge in [0.05, 0.1) is 12.7 Å². The Labute approximate surface area is 122 Å². The molecule has 2 saturated carbocycles. The lowest BCUT2D eigenvalue weighted by molar-refractivity contribution is 0.00464. The van der Waals surface area contributed by atoms with Gasteiger partial charge in [0.1, 0.15) is 0 Å². The normalized spacial score (nSPS) is 26.6. The molecule has 20 heavy (non-hydrogen) atoms. The van der Waals surface area contributed by atoms with Gasteiger partial charge in [0, 0.05) is 12.6 Å². The quantitative estimate of drug-likeness (QED) is 0.845. The van der Waals surface area contributed by atoms with Crippen LogP contribution in [-0.4, -0.2) is 12.1 Å². The fourth-order valence-corrected chi connectivity index (χ4v) is 3.12. The van der Waals surface area contributed by atoms with Crippen molar-refractivity contribution in [2.45, 2.75) is 70.7 Å². The minimum absolute atomic E-state index is 0.479. The van der Waals surface area contributed by atoms with E-state index in [2.05, 4.69) is 36.5 Å². The molecule has 2 atom stereocenters.